The van der Waals surface area contributed by atoms with Gasteiger partial charge < -0.3 is 10.6 Å². The molecule has 0 amide bonds. The van der Waals surface area contributed by atoms with Crippen LogP contribution in [0.4, 0.5) is 11.4 Å². The first-order valence-electron chi connectivity index (χ1n) is 5.96. The van der Waals surface area contributed by atoms with Crippen LogP contribution in [0.3, 0.4) is 0 Å². The Morgan fingerprint density at radius 3 is 2.37 bits per heavy atom. The fourth-order valence-corrected chi connectivity index (χ4v) is 2.46. The lowest BCUT2D eigenvalue weighted by molar-refractivity contribution is 1.38. The van der Waals surface area contributed by atoms with Crippen molar-refractivity contribution in [3.63, 3.8) is 0 Å². The minimum atomic E-state index is 0.528. The van der Waals surface area contributed by atoms with E-state index in [0.717, 1.165) is 22.5 Å². The highest BCUT2D eigenvalue weighted by molar-refractivity contribution is 7.80. The van der Waals surface area contributed by atoms with Crippen LogP contribution >= 0.6 is 23.8 Å². The third-order valence-electron chi connectivity index (χ3n) is 2.70. The van der Waals surface area contributed by atoms with Crippen molar-refractivity contribution in [3.8, 4) is 0 Å². The molecule has 0 saturated heterocycles. The molecule has 0 radical (unpaired) electrons. The quantitative estimate of drug-likeness (QED) is 0.779. The molecule has 4 heteroatoms. The van der Waals surface area contributed by atoms with E-state index in [1.807, 2.05) is 50.2 Å². The van der Waals surface area contributed by atoms with E-state index in [1.165, 1.54) is 0 Å². The van der Waals surface area contributed by atoms with Crippen molar-refractivity contribution < 1.29 is 0 Å². The molecule has 0 saturated carbocycles. The lowest BCUT2D eigenvalue weighted by Gasteiger charge is -2.14. The molecule has 0 aromatic heterocycles. The number of para-hydroxylation sites is 1. The molecule has 0 unspecified atom stereocenters. The number of aryl methyl sites for hydroxylation is 2. The van der Waals surface area contributed by atoms with Crippen molar-refractivity contribution in [1.29, 1.82) is 0 Å². The maximum atomic E-state index is 6.23. The number of rotatable bonds is 2. The SMILES string of the molecule is Cc1cc(C)c(NC(=S)Nc2ccccc2)c(Cl)c1. The van der Waals surface area contributed by atoms with Gasteiger partial charge >= 0.3 is 0 Å². The summed E-state index contributed by atoms with van der Waals surface area (Å²) >= 11 is 11.5. The molecule has 2 nitrogen and oxygen atoms in total. The summed E-state index contributed by atoms with van der Waals surface area (Å²) in [7, 11) is 0. The second kappa shape index (κ2) is 6.04. The molecular formula is C15H15ClN2S. The Morgan fingerprint density at radius 1 is 1.05 bits per heavy atom. The number of nitrogens with one attached hydrogen (secondary N) is 2. The molecule has 0 spiro atoms. The fourth-order valence-electron chi connectivity index (χ4n) is 1.87. The highest BCUT2D eigenvalue weighted by Gasteiger charge is 2.07. The van der Waals surface area contributed by atoms with Crippen molar-refractivity contribution in [1.82, 2.24) is 0 Å². The molecular weight excluding hydrogens is 276 g/mol. The Morgan fingerprint density at radius 2 is 1.74 bits per heavy atom. The Hall–Kier alpha value is -1.58. The van der Waals surface area contributed by atoms with Gasteiger partial charge in [0.1, 0.15) is 0 Å². The number of halogens is 1. The smallest absolute Gasteiger partial charge is 0.175 e. The standard InChI is InChI=1S/C15H15ClN2S/c1-10-8-11(2)14(13(16)9-10)18-15(19)17-12-6-4-3-5-7-12/h3-9H,1-2H3,(H2,17,18,19). The van der Waals surface area contributed by atoms with Crippen LogP contribution in [0.25, 0.3) is 0 Å². The molecule has 2 rings (SSSR count). The zero-order valence-electron chi connectivity index (χ0n) is 10.8. The number of hydrogen-bond donors (Lipinski definition) is 2. The molecule has 2 aromatic carbocycles. The van der Waals surface area contributed by atoms with Crippen LogP contribution in [-0.2, 0) is 0 Å². The van der Waals surface area contributed by atoms with Crippen molar-refractivity contribution >= 4 is 40.3 Å². The Labute approximate surface area is 123 Å². The zero-order chi connectivity index (χ0) is 13.8. The van der Waals surface area contributed by atoms with Gasteiger partial charge in [-0.05, 0) is 55.4 Å². The second-order valence-electron chi connectivity index (χ2n) is 4.38. The van der Waals surface area contributed by atoms with Crippen LogP contribution in [0, 0.1) is 13.8 Å². The summed E-state index contributed by atoms with van der Waals surface area (Å²) in [4.78, 5) is 0. The molecule has 2 aromatic rings. The van der Waals surface area contributed by atoms with E-state index in [9.17, 15) is 0 Å². The lowest BCUT2D eigenvalue weighted by atomic mass is 10.1. The van der Waals surface area contributed by atoms with Crippen molar-refractivity contribution in [3.05, 3.63) is 58.6 Å². The van der Waals surface area contributed by atoms with Gasteiger partial charge in [0, 0.05) is 5.69 Å². The topological polar surface area (TPSA) is 24.1 Å². The molecule has 19 heavy (non-hydrogen) atoms. The maximum absolute atomic E-state index is 6.23. The van der Waals surface area contributed by atoms with Crippen molar-refractivity contribution in [2.45, 2.75) is 13.8 Å². The largest absolute Gasteiger partial charge is 0.332 e. The third kappa shape index (κ3) is 3.69. The van der Waals surface area contributed by atoms with E-state index in [0.29, 0.717) is 10.1 Å². The van der Waals surface area contributed by atoms with E-state index >= 15 is 0 Å². The van der Waals surface area contributed by atoms with E-state index in [1.54, 1.807) is 0 Å². The van der Waals surface area contributed by atoms with E-state index in [4.69, 9.17) is 23.8 Å². The fraction of sp³-hybridized carbons (Fsp3) is 0.133. The first-order valence-corrected chi connectivity index (χ1v) is 6.74. The maximum Gasteiger partial charge on any atom is 0.175 e. The van der Waals surface area contributed by atoms with Crippen molar-refractivity contribution in [2.24, 2.45) is 0 Å². The highest BCUT2D eigenvalue weighted by Crippen LogP contribution is 2.27. The Balaban J connectivity index is 2.12. The molecule has 0 aliphatic carbocycles. The Bertz CT molecular complexity index is 573. The third-order valence-corrected chi connectivity index (χ3v) is 3.20. The van der Waals surface area contributed by atoms with Gasteiger partial charge in [0.25, 0.3) is 0 Å². The molecule has 98 valence electrons. The lowest BCUT2D eigenvalue weighted by Crippen LogP contribution is -2.19. The second-order valence-corrected chi connectivity index (χ2v) is 5.20. The van der Waals surface area contributed by atoms with Gasteiger partial charge in [0.2, 0.25) is 0 Å². The molecule has 2 N–H and O–H groups in total. The number of anilines is 2. The summed E-state index contributed by atoms with van der Waals surface area (Å²) in [5, 5.41) is 7.47. The molecule has 0 atom stereocenters. The normalized spacial score (nSPS) is 10.1. The summed E-state index contributed by atoms with van der Waals surface area (Å²) < 4.78 is 0. The molecule has 0 aliphatic rings. The number of thiocarbonyl (C=S) groups is 1. The Kier molecular flexibility index (Phi) is 4.40. The summed E-state index contributed by atoms with van der Waals surface area (Å²) in [5.41, 5.74) is 4.00. The average molecular weight is 291 g/mol. The number of hydrogen-bond acceptors (Lipinski definition) is 1. The summed E-state index contributed by atoms with van der Waals surface area (Å²) in [5.74, 6) is 0. The first kappa shape index (κ1) is 13.8. The molecule has 0 bridgehead atoms. The molecule has 0 aliphatic heterocycles. The van der Waals surface area contributed by atoms with Gasteiger partial charge in [-0.15, -0.1) is 0 Å². The highest BCUT2D eigenvalue weighted by atomic mass is 35.5. The van der Waals surface area contributed by atoms with Crippen LogP contribution in [0.1, 0.15) is 11.1 Å². The van der Waals surface area contributed by atoms with E-state index in [-0.39, 0.29) is 0 Å². The predicted molar refractivity (Wildman–Crippen MR) is 87.2 cm³/mol. The first-order chi connectivity index (χ1) is 9.06. The molecule has 0 heterocycles. The minimum Gasteiger partial charge on any atom is -0.332 e. The minimum absolute atomic E-state index is 0.528. The van der Waals surface area contributed by atoms with Crippen LogP contribution in [0.15, 0.2) is 42.5 Å². The van der Waals surface area contributed by atoms with Crippen molar-refractivity contribution in [2.75, 3.05) is 10.6 Å². The number of benzene rings is 2. The zero-order valence-corrected chi connectivity index (χ0v) is 12.4. The molecule has 0 fully saturated rings. The van der Waals surface area contributed by atoms with Gasteiger partial charge in [-0.3, -0.25) is 0 Å². The van der Waals surface area contributed by atoms with Crippen LogP contribution in [0.5, 0.6) is 0 Å². The van der Waals surface area contributed by atoms with Gasteiger partial charge in [-0.25, -0.2) is 0 Å². The van der Waals surface area contributed by atoms with E-state index < -0.39 is 0 Å². The predicted octanol–water partition coefficient (Wildman–Crippen LogP) is 4.77. The van der Waals surface area contributed by atoms with Crippen LogP contribution < -0.4 is 10.6 Å². The summed E-state index contributed by atoms with van der Waals surface area (Å²) in [6.45, 7) is 4.02. The van der Waals surface area contributed by atoms with Gasteiger partial charge in [-0.2, -0.15) is 0 Å². The monoisotopic (exact) mass is 290 g/mol. The average Bonchev–Trinajstić information content (AvgIpc) is 2.35. The van der Waals surface area contributed by atoms with E-state index in [2.05, 4.69) is 16.7 Å². The van der Waals surface area contributed by atoms with Crippen LogP contribution in [0.2, 0.25) is 5.02 Å². The summed E-state index contributed by atoms with van der Waals surface area (Å²) in [6, 6.07) is 13.8. The van der Waals surface area contributed by atoms with Gasteiger partial charge in [0.15, 0.2) is 5.11 Å². The van der Waals surface area contributed by atoms with Crippen LogP contribution in [-0.4, -0.2) is 5.11 Å². The van der Waals surface area contributed by atoms with Gasteiger partial charge in [-0.1, -0.05) is 35.9 Å². The van der Waals surface area contributed by atoms with Gasteiger partial charge in [0.05, 0.1) is 10.7 Å². The summed E-state index contributed by atoms with van der Waals surface area (Å²) in [6.07, 6.45) is 0.